The minimum atomic E-state index is -0.542. The van der Waals surface area contributed by atoms with Gasteiger partial charge in [-0.2, -0.15) is 0 Å². The molecule has 1 aromatic carbocycles. The number of aromatic hydroxyl groups is 1. The SMILES string of the molecule is COc1cc(C(C)O)ccc1O. The number of hydrogen-bond acceptors (Lipinski definition) is 3. The molecule has 0 amide bonds. The molecule has 0 heterocycles. The molecule has 1 aromatic rings. The van der Waals surface area contributed by atoms with E-state index in [2.05, 4.69) is 0 Å². The van der Waals surface area contributed by atoms with Crippen LogP contribution in [0.15, 0.2) is 18.2 Å². The van der Waals surface area contributed by atoms with Gasteiger partial charge in [-0.15, -0.1) is 0 Å². The molecule has 66 valence electrons. The first-order valence-electron chi connectivity index (χ1n) is 3.70. The van der Waals surface area contributed by atoms with Crippen molar-refractivity contribution in [3.8, 4) is 11.5 Å². The fourth-order valence-corrected chi connectivity index (χ4v) is 0.954. The summed E-state index contributed by atoms with van der Waals surface area (Å²) in [7, 11) is 1.47. The largest absolute Gasteiger partial charge is 0.504 e. The maximum atomic E-state index is 9.21. The molecule has 0 aliphatic carbocycles. The van der Waals surface area contributed by atoms with Crippen LogP contribution in [0.3, 0.4) is 0 Å². The molecule has 0 saturated heterocycles. The van der Waals surface area contributed by atoms with Crippen LogP contribution >= 0.6 is 0 Å². The number of aliphatic hydroxyl groups excluding tert-OH is 1. The lowest BCUT2D eigenvalue weighted by Gasteiger charge is -2.07. The van der Waals surface area contributed by atoms with Crippen LogP contribution in [-0.4, -0.2) is 17.3 Å². The van der Waals surface area contributed by atoms with E-state index >= 15 is 0 Å². The molecule has 0 aliphatic heterocycles. The summed E-state index contributed by atoms with van der Waals surface area (Å²) in [6.07, 6.45) is -0.542. The summed E-state index contributed by atoms with van der Waals surface area (Å²) in [6.45, 7) is 1.66. The zero-order valence-corrected chi connectivity index (χ0v) is 7.11. The Morgan fingerprint density at radius 1 is 1.42 bits per heavy atom. The van der Waals surface area contributed by atoms with Gasteiger partial charge in [0.1, 0.15) is 0 Å². The topological polar surface area (TPSA) is 49.7 Å². The summed E-state index contributed by atoms with van der Waals surface area (Å²) in [5, 5.41) is 18.4. The number of hydrogen-bond donors (Lipinski definition) is 2. The molecule has 0 spiro atoms. The number of aliphatic hydroxyl groups is 1. The molecule has 1 rings (SSSR count). The number of rotatable bonds is 2. The van der Waals surface area contributed by atoms with E-state index in [1.165, 1.54) is 13.2 Å². The normalized spacial score (nSPS) is 12.6. The van der Waals surface area contributed by atoms with Crippen LogP contribution in [0.1, 0.15) is 18.6 Å². The molecule has 1 unspecified atom stereocenters. The van der Waals surface area contributed by atoms with Gasteiger partial charge in [-0.1, -0.05) is 6.07 Å². The lowest BCUT2D eigenvalue weighted by molar-refractivity contribution is 0.198. The van der Waals surface area contributed by atoms with Gasteiger partial charge >= 0.3 is 0 Å². The molecule has 3 heteroatoms. The van der Waals surface area contributed by atoms with Crippen LogP contribution in [0, 0.1) is 0 Å². The van der Waals surface area contributed by atoms with Crippen molar-refractivity contribution in [2.24, 2.45) is 0 Å². The van der Waals surface area contributed by atoms with Gasteiger partial charge in [-0.05, 0) is 24.6 Å². The Morgan fingerprint density at radius 2 is 2.08 bits per heavy atom. The second-order valence-corrected chi connectivity index (χ2v) is 2.61. The molecule has 0 radical (unpaired) electrons. The summed E-state index contributed by atoms with van der Waals surface area (Å²) in [6, 6.07) is 4.77. The van der Waals surface area contributed by atoms with E-state index in [1.807, 2.05) is 0 Å². The van der Waals surface area contributed by atoms with Crippen molar-refractivity contribution in [2.75, 3.05) is 7.11 Å². The standard InChI is InChI=1S/C9H12O3/c1-6(10)7-3-4-8(11)9(5-7)12-2/h3-6,10-11H,1-2H3. The lowest BCUT2D eigenvalue weighted by atomic mass is 10.1. The van der Waals surface area contributed by atoms with Gasteiger partial charge in [0.15, 0.2) is 11.5 Å². The molecule has 3 nitrogen and oxygen atoms in total. The molecule has 12 heavy (non-hydrogen) atoms. The second kappa shape index (κ2) is 3.45. The van der Waals surface area contributed by atoms with Gasteiger partial charge in [-0.3, -0.25) is 0 Å². The van der Waals surface area contributed by atoms with Crippen LogP contribution in [0.4, 0.5) is 0 Å². The predicted molar refractivity (Wildman–Crippen MR) is 45.3 cm³/mol. The van der Waals surface area contributed by atoms with Crippen molar-refractivity contribution in [3.63, 3.8) is 0 Å². The molecule has 0 fully saturated rings. The summed E-state index contributed by atoms with van der Waals surface area (Å²) in [5.41, 5.74) is 0.727. The Kier molecular flexibility index (Phi) is 2.55. The van der Waals surface area contributed by atoms with E-state index in [0.717, 1.165) is 5.56 Å². The Morgan fingerprint density at radius 3 is 2.58 bits per heavy atom. The van der Waals surface area contributed by atoms with Crippen LogP contribution in [0.2, 0.25) is 0 Å². The molecule has 0 bridgehead atoms. The van der Waals surface area contributed by atoms with E-state index in [0.29, 0.717) is 5.75 Å². The van der Waals surface area contributed by atoms with Crippen molar-refractivity contribution in [2.45, 2.75) is 13.0 Å². The van der Waals surface area contributed by atoms with Crippen LogP contribution in [-0.2, 0) is 0 Å². The van der Waals surface area contributed by atoms with Gasteiger partial charge in [-0.25, -0.2) is 0 Å². The van der Waals surface area contributed by atoms with Crippen LogP contribution in [0.5, 0.6) is 11.5 Å². The Bertz CT molecular complexity index is 268. The first-order valence-corrected chi connectivity index (χ1v) is 3.70. The highest BCUT2D eigenvalue weighted by atomic mass is 16.5. The fraction of sp³-hybridized carbons (Fsp3) is 0.333. The van der Waals surface area contributed by atoms with Crippen molar-refractivity contribution in [1.82, 2.24) is 0 Å². The highest BCUT2D eigenvalue weighted by Crippen LogP contribution is 2.28. The van der Waals surface area contributed by atoms with Gasteiger partial charge in [0, 0.05) is 0 Å². The Balaban J connectivity index is 3.05. The minimum Gasteiger partial charge on any atom is -0.504 e. The average molecular weight is 168 g/mol. The van der Waals surface area contributed by atoms with E-state index in [4.69, 9.17) is 4.74 Å². The van der Waals surface area contributed by atoms with E-state index in [1.54, 1.807) is 19.1 Å². The van der Waals surface area contributed by atoms with E-state index in [9.17, 15) is 10.2 Å². The number of ether oxygens (including phenoxy) is 1. The average Bonchev–Trinajstić information content (AvgIpc) is 2.05. The molecule has 1 atom stereocenters. The smallest absolute Gasteiger partial charge is 0.160 e. The van der Waals surface area contributed by atoms with E-state index in [-0.39, 0.29) is 5.75 Å². The molecular weight excluding hydrogens is 156 g/mol. The summed E-state index contributed by atoms with van der Waals surface area (Å²) < 4.78 is 4.87. The summed E-state index contributed by atoms with van der Waals surface area (Å²) in [4.78, 5) is 0. The van der Waals surface area contributed by atoms with Gasteiger partial charge < -0.3 is 14.9 Å². The van der Waals surface area contributed by atoms with Crippen LogP contribution < -0.4 is 4.74 Å². The molecule has 2 N–H and O–H groups in total. The Labute approximate surface area is 71.2 Å². The minimum absolute atomic E-state index is 0.0851. The third-order valence-corrected chi connectivity index (χ3v) is 1.69. The van der Waals surface area contributed by atoms with Crippen molar-refractivity contribution in [3.05, 3.63) is 23.8 Å². The van der Waals surface area contributed by atoms with Crippen LogP contribution in [0.25, 0.3) is 0 Å². The zero-order valence-electron chi connectivity index (χ0n) is 7.11. The second-order valence-electron chi connectivity index (χ2n) is 2.61. The molecule has 0 aromatic heterocycles. The highest BCUT2D eigenvalue weighted by molar-refractivity contribution is 5.42. The quantitative estimate of drug-likeness (QED) is 0.702. The number of methoxy groups -OCH3 is 1. The van der Waals surface area contributed by atoms with Crippen molar-refractivity contribution in [1.29, 1.82) is 0 Å². The third-order valence-electron chi connectivity index (χ3n) is 1.69. The van der Waals surface area contributed by atoms with E-state index < -0.39 is 6.10 Å². The van der Waals surface area contributed by atoms with Crippen molar-refractivity contribution < 1.29 is 14.9 Å². The number of phenolic OH excluding ortho intramolecular Hbond substituents is 1. The van der Waals surface area contributed by atoms with Gasteiger partial charge in [0.05, 0.1) is 13.2 Å². The summed E-state index contributed by atoms with van der Waals surface area (Å²) >= 11 is 0. The predicted octanol–water partition coefficient (Wildman–Crippen LogP) is 1.45. The number of benzene rings is 1. The molecule has 0 saturated carbocycles. The zero-order chi connectivity index (χ0) is 9.14. The van der Waals surface area contributed by atoms with Gasteiger partial charge in [0.2, 0.25) is 0 Å². The number of phenols is 1. The summed E-state index contributed by atoms with van der Waals surface area (Å²) in [5.74, 6) is 0.468. The van der Waals surface area contributed by atoms with Gasteiger partial charge in [0.25, 0.3) is 0 Å². The fourth-order valence-electron chi connectivity index (χ4n) is 0.954. The first kappa shape index (κ1) is 8.87. The monoisotopic (exact) mass is 168 g/mol. The lowest BCUT2D eigenvalue weighted by Crippen LogP contribution is -1.92. The first-order chi connectivity index (χ1) is 5.65. The molecular formula is C9H12O3. The Hall–Kier alpha value is -1.22. The van der Waals surface area contributed by atoms with Crippen molar-refractivity contribution >= 4 is 0 Å². The third kappa shape index (κ3) is 1.68. The maximum absolute atomic E-state index is 9.21. The molecule has 0 aliphatic rings. The maximum Gasteiger partial charge on any atom is 0.160 e. The highest BCUT2D eigenvalue weighted by Gasteiger charge is 2.05.